The highest BCUT2D eigenvalue weighted by molar-refractivity contribution is 7.09. The molecular weight excluding hydrogens is 459 g/mol. The molecule has 1 unspecified atom stereocenters. The van der Waals surface area contributed by atoms with Gasteiger partial charge < -0.3 is 9.80 Å². The third-order valence-corrected chi connectivity index (χ3v) is 7.24. The summed E-state index contributed by atoms with van der Waals surface area (Å²) < 4.78 is 17.7. The molecule has 1 fully saturated rings. The zero-order chi connectivity index (χ0) is 24.2. The van der Waals surface area contributed by atoms with Gasteiger partial charge in [0.15, 0.2) is 0 Å². The first-order valence-corrected chi connectivity index (χ1v) is 12.6. The molecule has 5 rings (SSSR count). The predicted molar refractivity (Wildman–Crippen MR) is 137 cm³/mol. The molecule has 0 saturated carbocycles. The van der Waals surface area contributed by atoms with E-state index in [2.05, 4.69) is 16.2 Å². The highest BCUT2D eigenvalue weighted by Gasteiger charge is 2.34. The number of hydrogen-bond donors (Lipinski definition) is 0. The molecule has 5 nitrogen and oxygen atoms in total. The number of hydrogen-bond acceptors (Lipinski definition) is 5. The van der Waals surface area contributed by atoms with Gasteiger partial charge in [-0.15, -0.1) is 0 Å². The van der Waals surface area contributed by atoms with E-state index in [0.29, 0.717) is 26.1 Å². The van der Waals surface area contributed by atoms with Crippen molar-refractivity contribution >= 4 is 22.6 Å². The van der Waals surface area contributed by atoms with Crippen molar-refractivity contribution in [2.24, 2.45) is 0 Å². The molecule has 7 heteroatoms. The molecule has 0 radical (unpaired) electrons. The fraction of sp³-hybridized carbons (Fsp3) is 0.250. The van der Waals surface area contributed by atoms with Crippen LogP contribution >= 0.6 is 11.5 Å². The number of halogens is 1. The molecule has 1 saturated heterocycles. The zero-order valence-electron chi connectivity index (χ0n) is 19.5. The van der Waals surface area contributed by atoms with Crippen molar-refractivity contribution in [3.05, 3.63) is 113 Å². The smallest absolute Gasteiger partial charge is 0.234 e. The van der Waals surface area contributed by atoms with Crippen LogP contribution in [0.1, 0.15) is 35.4 Å². The maximum atomic E-state index is 13.8. The Morgan fingerprint density at radius 3 is 2.20 bits per heavy atom. The number of nitrogens with zero attached hydrogens (tertiary/aromatic N) is 4. The summed E-state index contributed by atoms with van der Waals surface area (Å²) in [5.74, 6) is 0.291. The number of amides is 1. The summed E-state index contributed by atoms with van der Waals surface area (Å²) >= 11 is 1.38. The third kappa shape index (κ3) is 5.25. The van der Waals surface area contributed by atoms with E-state index in [9.17, 15) is 9.18 Å². The van der Waals surface area contributed by atoms with Crippen LogP contribution in [0.2, 0.25) is 0 Å². The minimum Gasteiger partial charge on any atom is -0.343 e. The normalized spacial score (nSPS) is 16.0. The average Bonchev–Trinajstić information content (AvgIpc) is 3.35. The van der Waals surface area contributed by atoms with Crippen LogP contribution in [0.25, 0.3) is 0 Å². The van der Waals surface area contributed by atoms with Crippen LogP contribution in [0, 0.1) is 5.82 Å². The van der Waals surface area contributed by atoms with Gasteiger partial charge in [-0.05, 0) is 35.7 Å². The molecule has 178 valence electrons. The summed E-state index contributed by atoms with van der Waals surface area (Å²) in [6, 6.07) is 26.5. The predicted octanol–water partition coefficient (Wildman–Crippen LogP) is 5.14. The molecule has 0 bridgehead atoms. The van der Waals surface area contributed by atoms with E-state index in [0.717, 1.165) is 27.6 Å². The van der Waals surface area contributed by atoms with E-state index < -0.39 is 0 Å². The van der Waals surface area contributed by atoms with E-state index in [-0.39, 0.29) is 23.7 Å². The van der Waals surface area contributed by atoms with Gasteiger partial charge in [-0.1, -0.05) is 72.8 Å². The Morgan fingerprint density at radius 1 is 0.971 bits per heavy atom. The SMILES string of the molecule is CC1CN(c2nc(Cc3ccc(F)cc3)ns2)CCN1C(=O)C(c1ccccc1)c1ccccc1. The average molecular weight is 487 g/mol. The molecule has 4 aromatic rings. The van der Waals surface area contributed by atoms with E-state index >= 15 is 0 Å². The van der Waals surface area contributed by atoms with Crippen molar-refractivity contribution in [2.45, 2.75) is 25.3 Å². The Kier molecular flexibility index (Phi) is 6.86. The van der Waals surface area contributed by atoms with Gasteiger partial charge in [0.05, 0.1) is 5.92 Å². The van der Waals surface area contributed by atoms with Gasteiger partial charge in [-0.2, -0.15) is 4.37 Å². The number of carbonyl (C=O) groups excluding carboxylic acids is 1. The lowest BCUT2D eigenvalue weighted by atomic mass is 9.89. The molecule has 2 heterocycles. The van der Waals surface area contributed by atoms with Gasteiger partial charge in [-0.3, -0.25) is 4.79 Å². The Balaban J connectivity index is 1.29. The van der Waals surface area contributed by atoms with Gasteiger partial charge in [0.25, 0.3) is 0 Å². The molecule has 35 heavy (non-hydrogen) atoms. The lowest BCUT2D eigenvalue weighted by molar-refractivity contribution is -0.134. The molecular formula is C28H27FN4OS. The van der Waals surface area contributed by atoms with Crippen molar-refractivity contribution in [3.8, 4) is 0 Å². The van der Waals surface area contributed by atoms with E-state index in [1.807, 2.05) is 65.6 Å². The quantitative estimate of drug-likeness (QED) is 0.379. The number of rotatable bonds is 6. The summed E-state index contributed by atoms with van der Waals surface area (Å²) in [5, 5.41) is 0.865. The molecule has 0 aliphatic carbocycles. The molecule has 1 aromatic heterocycles. The van der Waals surface area contributed by atoms with Crippen molar-refractivity contribution in [1.82, 2.24) is 14.3 Å². The summed E-state index contributed by atoms with van der Waals surface area (Å²) in [5.41, 5.74) is 2.99. The lowest BCUT2D eigenvalue weighted by Crippen LogP contribution is -2.55. The minimum absolute atomic E-state index is 0.0376. The maximum absolute atomic E-state index is 13.8. The third-order valence-electron chi connectivity index (χ3n) is 6.43. The van der Waals surface area contributed by atoms with Crippen molar-refractivity contribution in [1.29, 1.82) is 0 Å². The summed E-state index contributed by atoms with van der Waals surface area (Å²) in [6.07, 6.45) is 0.570. The highest BCUT2D eigenvalue weighted by Crippen LogP contribution is 2.30. The first-order chi connectivity index (χ1) is 17.1. The molecule has 0 spiro atoms. The molecule has 1 amide bonds. The van der Waals surface area contributed by atoms with Crippen molar-refractivity contribution in [2.75, 3.05) is 24.5 Å². The van der Waals surface area contributed by atoms with Gasteiger partial charge in [-0.25, -0.2) is 9.37 Å². The Bertz CT molecular complexity index is 1220. The second kappa shape index (κ2) is 10.4. The number of anilines is 1. The molecule has 1 aliphatic heterocycles. The number of benzene rings is 3. The van der Waals surface area contributed by atoms with E-state index in [1.54, 1.807) is 12.1 Å². The second-order valence-corrected chi connectivity index (χ2v) is 9.61. The molecule has 0 N–H and O–H groups in total. The van der Waals surface area contributed by atoms with Crippen LogP contribution in [0.15, 0.2) is 84.9 Å². The Morgan fingerprint density at radius 2 is 1.60 bits per heavy atom. The lowest BCUT2D eigenvalue weighted by Gasteiger charge is -2.41. The molecule has 1 aliphatic rings. The standard InChI is InChI=1S/C28H27FN4OS/c1-20-19-32(28-30-25(31-35-28)18-21-12-14-24(29)15-13-21)16-17-33(20)27(34)26(22-8-4-2-5-9-22)23-10-6-3-7-11-23/h2-15,20,26H,16-19H2,1H3. The van der Waals surface area contributed by atoms with Gasteiger partial charge >= 0.3 is 0 Å². The van der Waals surface area contributed by atoms with Gasteiger partial charge in [0.1, 0.15) is 11.6 Å². The van der Waals surface area contributed by atoms with Crippen LogP contribution in [0.3, 0.4) is 0 Å². The number of carbonyl (C=O) groups is 1. The fourth-order valence-corrected chi connectivity index (χ4v) is 5.34. The Hall–Kier alpha value is -3.58. The van der Waals surface area contributed by atoms with Crippen molar-refractivity contribution in [3.63, 3.8) is 0 Å². The largest absolute Gasteiger partial charge is 0.343 e. The van der Waals surface area contributed by atoms with Crippen LogP contribution in [-0.2, 0) is 11.2 Å². The van der Waals surface area contributed by atoms with Gasteiger partial charge in [0, 0.05) is 43.6 Å². The van der Waals surface area contributed by atoms with Crippen LogP contribution < -0.4 is 4.90 Å². The van der Waals surface area contributed by atoms with Crippen LogP contribution in [0.5, 0.6) is 0 Å². The summed E-state index contributed by atoms with van der Waals surface area (Å²) in [6.45, 7) is 4.13. The minimum atomic E-state index is -0.324. The summed E-state index contributed by atoms with van der Waals surface area (Å²) in [4.78, 5) is 22.8. The number of aromatic nitrogens is 2. The maximum Gasteiger partial charge on any atom is 0.234 e. The van der Waals surface area contributed by atoms with Crippen LogP contribution in [-0.4, -0.2) is 45.8 Å². The first-order valence-electron chi connectivity index (χ1n) is 11.8. The molecule has 3 aromatic carbocycles. The van der Waals surface area contributed by atoms with Gasteiger partial charge in [0.2, 0.25) is 11.0 Å². The van der Waals surface area contributed by atoms with E-state index in [4.69, 9.17) is 4.98 Å². The second-order valence-electron chi connectivity index (χ2n) is 8.88. The fourth-order valence-electron chi connectivity index (χ4n) is 4.62. The number of piperazine rings is 1. The van der Waals surface area contributed by atoms with Crippen molar-refractivity contribution < 1.29 is 9.18 Å². The first kappa shape index (κ1) is 23.2. The van der Waals surface area contributed by atoms with E-state index in [1.165, 1.54) is 23.7 Å². The topological polar surface area (TPSA) is 49.3 Å². The monoisotopic (exact) mass is 486 g/mol. The summed E-state index contributed by atoms with van der Waals surface area (Å²) in [7, 11) is 0. The zero-order valence-corrected chi connectivity index (χ0v) is 20.4. The van der Waals surface area contributed by atoms with Crippen LogP contribution in [0.4, 0.5) is 9.52 Å². The Labute approximate surface area is 209 Å². The molecule has 1 atom stereocenters. The highest BCUT2D eigenvalue weighted by atomic mass is 32.1.